The molecule has 0 N–H and O–H groups in total. The summed E-state index contributed by atoms with van der Waals surface area (Å²) in [7, 11) is 0. The number of hydrogen-bond acceptors (Lipinski definition) is 4. The van der Waals surface area contributed by atoms with E-state index in [1.165, 1.54) is 16.5 Å². The van der Waals surface area contributed by atoms with E-state index in [4.69, 9.17) is 0 Å². The summed E-state index contributed by atoms with van der Waals surface area (Å²) in [5.41, 5.74) is 3.61. The molecule has 0 amide bonds. The van der Waals surface area contributed by atoms with Gasteiger partial charge in [0, 0.05) is 18.0 Å². The highest BCUT2D eigenvalue weighted by Gasteiger charge is 2.12. The zero-order chi connectivity index (χ0) is 11.0. The number of aliphatic imine (C=N–C) groups is 1. The number of dihydropyridines is 1. The average Bonchev–Trinajstić information content (AvgIpc) is 2.73. The van der Waals surface area contributed by atoms with Gasteiger partial charge in [0.25, 0.3) is 0 Å². The van der Waals surface area contributed by atoms with Crippen molar-refractivity contribution in [3.8, 4) is 0 Å². The highest BCUT2D eigenvalue weighted by molar-refractivity contribution is 7.17. The summed E-state index contributed by atoms with van der Waals surface area (Å²) in [5.74, 6) is 0. The van der Waals surface area contributed by atoms with Gasteiger partial charge in [0.2, 0.25) is 0 Å². The molecule has 16 heavy (non-hydrogen) atoms. The van der Waals surface area contributed by atoms with Crippen molar-refractivity contribution in [1.29, 1.82) is 0 Å². The standard InChI is InChI=1S/C12H11N3S/c1-8-6-16-12-10(8)11(14-7-15-12)9-2-4-13-5-3-9/h2,5-7H,3-4H2,1H3. The predicted molar refractivity (Wildman–Crippen MR) is 68.1 cm³/mol. The fourth-order valence-electron chi connectivity index (χ4n) is 1.94. The Hall–Kier alpha value is -1.55. The topological polar surface area (TPSA) is 38.1 Å². The summed E-state index contributed by atoms with van der Waals surface area (Å²) in [6.07, 6.45) is 6.64. The summed E-state index contributed by atoms with van der Waals surface area (Å²) in [6, 6.07) is 0. The van der Waals surface area contributed by atoms with E-state index in [9.17, 15) is 0 Å². The quantitative estimate of drug-likeness (QED) is 0.754. The monoisotopic (exact) mass is 229 g/mol. The molecule has 2 aromatic rings. The molecule has 0 aromatic carbocycles. The molecule has 3 nitrogen and oxygen atoms in total. The highest BCUT2D eigenvalue weighted by Crippen LogP contribution is 2.30. The zero-order valence-electron chi connectivity index (χ0n) is 8.97. The van der Waals surface area contributed by atoms with E-state index in [2.05, 4.69) is 33.3 Å². The molecule has 1 aliphatic rings. The maximum absolute atomic E-state index is 4.43. The zero-order valence-corrected chi connectivity index (χ0v) is 9.79. The van der Waals surface area contributed by atoms with Crippen molar-refractivity contribution in [2.45, 2.75) is 13.3 Å². The van der Waals surface area contributed by atoms with Gasteiger partial charge in [-0.15, -0.1) is 11.3 Å². The number of allylic oxidation sites excluding steroid dienone is 1. The minimum Gasteiger partial charge on any atom is -0.293 e. The first-order valence-corrected chi connectivity index (χ1v) is 6.10. The first-order chi connectivity index (χ1) is 7.86. The Morgan fingerprint density at radius 3 is 3.06 bits per heavy atom. The highest BCUT2D eigenvalue weighted by atomic mass is 32.1. The maximum Gasteiger partial charge on any atom is 0.127 e. The van der Waals surface area contributed by atoms with Gasteiger partial charge in [-0.05, 0) is 23.4 Å². The van der Waals surface area contributed by atoms with Gasteiger partial charge in [-0.1, -0.05) is 6.08 Å². The maximum atomic E-state index is 4.43. The molecule has 0 saturated heterocycles. The minimum atomic E-state index is 0.768. The minimum absolute atomic E-state index is 0.768. The van der Waals surface area contributed by atoms with Gasteiger partial charge in [0.05, 0.1) is 12.2 Å². The van der Waals surface area contributed by atoms with Crippen molar-refractivity contribution in [2.24, 2.45) is 4.99 Å². The Morgan fingerprint density at radius 1 is 1.31 bits per heavy atom. The Kier molecular flexibility index (Phi) is 2.29. The molecule has 0 saturated carbocycles. The third kappa shape index (κ3) is 1.46. The number of fused-ring (bicyclic) bond motifs is 1. The smallest absolute Gasteiger partial charge is 0.127 e. The summed E-state index contributed by atoms with van der Waals surface area (Å²) < 4.78 is 0. The van der Waals surface area contributed by atoms with Crippen LogP contribution >= 0.6 is 11.3 Å². The Balaban J connectivity index is 2.22. The molecule has 0 aliphatic carbocycles. The molecule has 80 valence electrons. The van der Waals surface area contributed by atoms with Gasteiger partial charge < -0.3 is 0 Å². The Labute approximate surface area is 97.6 Å². The van der Waals surface area contributed by atoms with E-state index in [0.717, 1.165) is 23.5 Å². The largest absolute Gasteiger partial charge is 0.293 e. The van der Waals surface area contributed by atoms with Crippen molar-refractivity contribution >= 4 is 33.3 Å². The first-order valence-electron chi connectivity index (χ1n) is 5.23. The van der Waals surface area contributed by atoms with Crippen molar-refractivity contribution in [1.82, 2.24) is 9.97 Å². The molecule has 3 rings (SSSR count). The van der Waals surface area contributed by atoms with Gasteiger partial charge in [-0.2, -0.15) is 0 Å². The normalized spacial score (nSPS) is 15.4. The molecule has 0 fully saturated rings. The fourth-order valence-corrected chi connectivity index (χ4v) is 2.83. The first kappa shape index (κ1) is 9.66. The molecule has 1 aliphatic heterocycles. The number of thiophene rings is 1. The second-order valence-electron chi connectivity index (χ2n) is 3.80. The van der Waals surface area contributed by atoms with E-state index >= 15 is 0 Å². The van der Waals surface area contributed by atoms with Crippen molar-refractivity contribution in [2.75, 3.05) is 6.54 Å². The van der Waals surface area contributed by atoms with Crippen molar-refractivity contribution in [3.63, 3.8) is 0 Å². The van der Waals surface area contributed by atoms with E-state index in [1.54, 1.807) is 17.7 Å². The van der Waals surface area contributed by atoms with Crippen LogP contribution < -0.4 is 0 Å². The lowest BCUT2D eigenvalue weighted by molar-refractivity contribution is 1.15. The van der Waals surface area contributed by atoms with Gasteiger partial charge in [-0.25, -0.2) is 9.97 Å². The van der Waals surface area contributed by atoms with Crippen LogP contribution in [0.4, 0.5) is 0 Å². The molecule has 2 aromatic heterocycles. The molecular formula is C12H11N3S. The fraction of sp³-hybridized carbons (Fsp3) is 0.250. The SMILES string of the molecule is Cc1csc2ncnc(C3=CCN=CC3)c12. The van der Waals surface area contributed by atoms with E-state index < -0.39 is 0 Å². The number of aromatic nitrogens is 2. The molecule has 0 bridgehead atoms. The van der Waals surface area contributed by atoms with Crippen LogP contribution in [0.2, 0.25) is 0 Å². The van der Waals surface area contributed by atoms with Crippen molar-refractivity contribution in [3.05, 3.63) is 29.0 Å². The van der Waals surface area contributed by atoms with E-state index in [-0.39, 0.29) is 0 Å². The van der Waals surface area contributed by atoms with E-state index in [0.29, 0.717) is 0 Å². The lowest BCUT2D eigenvalue weighted by Crippen LogP contribution is -1.98. The lowest BCUT2D eigenvalue weighted by atomic mass is 10.0. The lowest BCUT2D eigenvalue weighted by Gasteiger charge is -2.08. The third-order valence-corrected chi connectivity index (χ3v) is 3.75. The number of hydrogen-bond donors (Lipinski definition) is 0. The number of rotatable bonds is 1. The molecule has 0 spiro atoms. The molecule has 0 atom stereocenters. The van der Waals surface area contributed by atoms with Crippen LogP contribution in [0.15, 0.2) is 22.8 Å². The third-order valence-electron chi connectivity index (χ3n) is 2.74. The van der Waals surface area contributed by atoms with Crippen LogP contribution in [0.25, 0.3) is 15.8 Å². The summed E-state index contributed by atoms with van der Waals surface area (Å²) in [4.78, 5) is 14.0. The molecule has 3 heterocycles. The van der Waals surface area contributed by atoms with E-state index in [1.807, 2.05) is 6.21 Å². The Bertz CT molecular complexity index is 595. The molecule has 0 unspecified atom stereocenters. The molecule has 4 heteroatoms. The van der Waals surface area contributed by atoms with Gasteiger partial charge >= 0.3 is 0 Å². The van der Waals surface area contributed by atoms with Crippen LogP contribution in [0.5, 0.6) is 0 Å². The predicted octanol–water partition coefficient (Wildman–Crippen LogP) is 2.86. The van der Waals surface area contributed by atoms with Crippen LogP contribution in [0, 0.1) is 6.92 Å². The van der Waals surface area contributed by atoms with Crippen LogP contribution in [-0.2, 0) is 0 Å². The van der Waals surface area contributed by atoms with Crippen LogP contribution in [-0.4, -0.2) is 22.7 Å². The summed E-state index contributed by atoms with van der Waals surface area (Å²) >= 11 is 1.68. The summed E-state index contributed by atoms with van der Waals surface area (Å²) in [6.45, 7) is 2.88. The van der Waals surface area contributed by atoms with Crippen LogP contribution in [0.3, 0.4) is 0 Å². The summed E-state index contributed by atoms with van der Waals surface area (Å²) in [5, 5.41) is 3.34. The Morgan fingerprint density at radius 2 is 2.25 bits per heavy atom. The van der Waals surface area contributed by atoms with Gasteiger partial charge in [-0.3, -0.25) is 4.99 Å². The second kappa shape index (κ2) is 3.79. The van der Waals surface area contributed by atoms with Crippen LogP contribution in [0.1, 0.15) is 17.7 Å². The molecule has 0 radical (unpaired) electrons. The number of nitrogens with zero attached hydrogens (tertiary/aromatic N) is 3. The molecular weight excluding hydrogens is 218 g/mol. The second-order valence-corrected chi connectivity index (χ2v) is 4.66. The van der Waals surface area contributed by atoms with Gasteiger partial charge in [0.15, 0.2) is 0 Å². The number of aryl methyl sites for hydroxylation is 1. The average molecular weight is 229 g/mol. The van der Waals surface area contributed by atoms with Crippen molar-refractivity contribution < 1.29 is 0 Å². The van der Waals surface area contributed by atoms with Gasteiger partial charge in [0.1, 0.15) is 11.2 Å².